The summed E-state index contributed by atoms with van der Waals surface area (Å²) in [6, 6.07) is 14.5. The maximum atomic E-state index is 12.3. The first-order valence-electron chi connectivity index (χ1n) is 10.0. The SMILES string of the molecule is CC1CN(Cc2ccccc2)CC(C)C1NCc1cc(=O)n2[nH]cc(C#N)c2n1. The number of nitrogens with zero attached hydrogens (tertiary/aromatic N) is 4. The molecular formula is C22H26N6O. The molecule has 1 aliphatic heterocycles. The van der Waals surface area contributed by atoms with Crippen LogP contribution in [0, 0.1) is 23.2 Å². The standard InChI is InChI=1S/C22H26N6O/c1-15-12-27(14-17-6-4-3-5-7-17)13-16(2)21(15)24-11-19-8-20(29)28-22(26-19)18(9-23)10-25-28/h3-8,10,15-16,21,24-25H,11-14H2,1-2H3. The van der Waals surface area contributed by atoms with Crippen LogP contribution in [0.2, 0.25) is 0 Å². The summed E-state index contributed by atoms with van der Waals surface area (Å²) < 4.78 is 1.30. The predicted molar refractivity (Wildman–Crippen MR) is 111 cm³/mol. The minimum Gasteiger partial charge on any atom is -0.308 e. The fourth-order valence-electron chi connectivity index (χ4n) is 4.47. The van der Waals surface area contributed by atoms with Crippen LogP contribution in [0.4, 0.5) is 0 Å². The van der Waals surface area contributed by atoms with Gasteiger partial charge >= 0.3 is 0 Å². The van der Waals surface area contributed by atoms with Crippen LogP contribution in [0.5, 0.6) is 0 Å². The maximum absolute atomic E-state index is 12.3. The van der Waals surface area contributed by atoms with Crippen molar-refractivity contribution in [2.45, 2.75) is 33.0 Å². The number of nitrogens with one attached hydrogen (secondary N) is 2. The molecule has 1 aromatic carbocycles. The lowest BCUT2D eigenvalue weighted by atomic mass is 9.85. The Kier molecular flexibility index (Phi) is 5.47. The van der Waals surface area contributed by atoms with Gasteiger partial charge in [0.1, 0.15) is 11.6 Å². The second-order valence-electron chi connectivity index (χ2n) is 8.08. The lowest BCUT2D eigenvalue weighted by Gasteiger charge is -2.42. The summed E-state index contributed by atoms with van der Waals surface area (Å²) in [5.74, 6) is 0.962. The van der Waals surface area contributed by atoms with E-state index in [0.29, 0.717) is 41.3 Å². The Bertz CT molecular complexity index is 1070. The Labute approximate surface area is 170 Å². The molecule has 0 radical (unpaired) electrons. The number of rotatable bonds is 5. The second-order valence-corrected chi connectivity index (χ2v) is 8.08. The average Bonchev–Trinajstić information content (AvgIpc) is 3.12. The molecule has 7 nitrogen and oxygen atoms in total. The molecule has 0 aliphatic carbocycles. The van der Waals surface area contributed by atoms with Crippen molar-refractivity contribution in [2.75, 3.05) is 13.1 Å². The van der Waals surface area contributed by atoms with Crippen molar-refractivity contribution in [2.24, 2.45) is 11.8 Å². The van der Waals surface area contributed by atoms with E-state index in [1.807, 2.05) is 0 Å². The van der Waals surface area contributed by atoms with E-state index in [1.54, 1.807) is 0 Å². The van der Waals surface area contributed by atoms with Gasteiger partial charge in [0, 0.05) is 44.5 Å². The molecule has 2 aromatic heterocycles. The molecule has 29 heavy (non-hydrogen) atoms. The van der Waals surface area contributed by atoms with Gasteiger partial charge in [-0.05, 0) is 17.4 Å². The van der Waals surface area contributed by atoms with Crippen molar-refractivity contribution in [3.05, 3.63) is 69.8 Å². The molecule has 0 amide bonds. The van der Waals surface area contributed by atoms with Crippen molar-refractivity contribution in [1.82, 2.24) is 24.8 Å². The van der Waals surface area contributed by atoms with Gasteiger partial charge in [0.05, 0.1) is 5.69 Å². The van der Waals surface area contributed by atoms with Gasteiger partial charge in [-0.1, -0.05) is 44.2 Å². The van der Waals surface area contributed by atoms with E-state index in [4.69, 9.17) is 0 Å². The fourth-order valence-corrected chi connectivity index (χ4v) is 4.47. The summed E-state index contributed by atoms with van der Waals surface area (Å²) in [5.41, 5.74) is 2.57. The number of H-pyrrole nitrogens is 1. The summed E-state index contributed by atoms with van der Waals surface area (Å²) >= 11 is 0. The molecule has 2 atom stereocenters. The summed E-state index contributed by atoms with van der Waals surface area (Å²) in [4.78, 5) is 19.3. The molecule has 1 saturated heterocycles. The van der Waals surface area contributed by atoms with E-state index in [2.05, 4.69) is 70.5 Å². The zero-order chi connectivity index (χ0) is 20.4. The molecule has 7 heteroatoms. The van der Waals surface area contributed by atoms with Crippen LogP contribution < -0.4 is 10.9 Å². The fraction of sp³-hybridized carbons (Fsp3) is 0.409. The van der Waals surface area contributed by atoms with Crippen LogP contribution in [-0.2, 0) is 13.1 Å². The highest BCUT2D eigenvalue weighted by atomic mass is 16.1. The Morgan fingerprint density at radius 2 is 1.97 bits per heavy atom. The lowest BCUT2D eigenvalue weighted by Crippen LogP contribution is -2.53. The first kappa shape index (κ1) is 19.4. The number of aromatic nitrogens is 3. The smallest absolute Gasteiger partial charge is 0.272 e. The van der Waals surface area contributed by atoms with E-state index in [-0.39, 0.29) is 5.56 Å². The first-order chi connectivity index (χ1) is 14.0. The second kappa shape index (κ2) is 8.19. The lowest BCUT2D eigenvalue weighted by molar-refractivity contribution is 0.0938. The number of benzene rings is 1. The third-order valence-corrected chi connectivity index (χ3v) is 5.76. The van der Waals surface area contributed by atoms with Crippen molar-refractivity contribution >= 4 is 5.65 Å². The zero-order valence-corrected chi connectivity index (χ0v) is 16.8. The number of hydrogen-bond donors (Lipinski definition) is 2. The number of likely N-dealkylation sites (tertiary alicyclic amines) is 1. The van der Waals surface area contributed by atoms with Crippen LogP contribution >= 0.6 is 0 Å². The van der Waals surface area contributed by atoms with Crippen LogP contribution in [0.15, 0.2) is 47.4 Å². The van der Waals surface area contributed by atoms with Crippen molar-refractivity contribution < 1.29 is 0 Å². The van der Waals surface area contributed by atoms with Gasteiger partial charge in [-0.25, -0.2) is 9.50 Å². The average molecular weight is 390 g/mol. The van der Waals surface area contributed by atoms with Crippen LogP contribution in [0.1, 0.15) is 30.7 Å². The highest BCUT2D eigenvalue weighted by Crippen LogP contribution is 2.24. The number of fused-ring (bicyclic) bond motifs is 1. The van der Waals surface area contributed by atoms with Crippen molar-refractivity contribution in [1.29, 1.82) is 5.26 Å². The molecule has 0 bridgehead atoms. The normalized spacial score (nSPS) is 22.6. The monoisotopic (exact) mass is 390 g/mol. The van der Waals surface area contributed by atoms with Gasteiger partial charge in [0.2, 0.25) is 0 Å². The van der Waals surface area contributed by atoms with Gasteiger partial charge < -0.3 is 5.32 Å². The first-order valence-corrected chi connectivity index (χ1v) is 10.0. The summed E-state index contributed by atoms with van der Waals surface area (Å²) in [5, 5.41) is 15.6. The summed E-state index contributed by atoms with van der Waals surface area (Å²) in [6.07, 6.45) is 1.51. The molecule has 150 valence electrons. The number of piperidine rings is 1. The largest absolute Gasteiger partial charge is 0.308 e. The number of hydrogen-bond acceptors (Lipinski definition) is 5. The van der Waals surface area contributed by atoms with E-state index in [1.165, 1.54) is 22.3 Å². The molecule has 3 aromatic rings. The zero-order valence-electron chi connectivity index (χ0n) is 16.8. The molecule has 4 rings (SSSR count). The molecule has 3 heterocycles. The third kappa shape index (κ3) is 4.09. The minimum absolute atomic E-state index is 0.202. The third-order valence-electron chi connectivity index (χ3n) is 5.76. The topological polar surface area (TPSA) is 89.2 Å². The Hall–Kier alpha value is -2.95. The number of aromatic amines is 1. The Morgan fingerprint density at radius 1 is 1.24 bits per heavy atom. The van der Waals surface area contributed by atoms with Gasteiger partial charge in [-0.3, -0.25) is 14.8 Å². The highest BCUT2D eigenvalue weighted by Gasteiger charge is 2.31. The number of nitriles is 1. The van der Waals surface area contributed by atoms with Crippen molar-refractivity contribution in [3.63, 3.8) is 0 Å². The predicted octanol–water partition coefficient (Wildman–Crippen LogP) is 2.14. The van der Waals surface area contributed by atoms with Gasteiger partial charge in [-0.15, -0.1) is 0 Å². The van der Waals surface area contributed by atoms with E-state index >= 15 is 0 Å². The molecular weight excluding hydrogens is 364 g/mol. The minimum atomic E-state index is -0.202. The Morgan fingerprint density at radius 3 is 2.66 bits per heavy atom. The molecule has 0 spiro atoms. The van der Waals surface area contributed by atoms with Gasteiger partial charge in [0.25, 0.3) is 5.56 Å². The summed E-state index contributed by atoms with van der Waals surface area (Å²) in [6.45, 7) is 8.10. The van der Waals surface area contributed by atoms with E-state index < -0.39 is 0 Å². The summed E-state index contributed by atoms with van der Waals surface area (Å²) in [7, 11) is 0. The van der Waals surface area contributed by atoms with Gasteiger partial charge in [-0.2, -0.15) is 5.26 Å². The maximum Gasteiger partial charge on any atom is 0.272 e. The van der Waals surface area contributed by atoms with Crippen LogP contribution in [0.25, 0.3) is 5.65 Å². The van der Waals surface area contributed by atoms with E-state index in [0.717, 1.165) is 19.6 Å². The quantitative estimate of drug-likeness (QED) is 0.697. The molecule has 1 fully saturated rings. The van der Waals surface area contributed by atoms with E-state index in [9.17, 15) is 10.1 Å². The van der Waals surface area contributed by atoms with Crippen LogP contribution in [-0.4, -0.2) is 38.6 Å². The Balaban J connectivity index is 1.42. The molecule has 2 N–H and O–H groups in total. The molecule has 0 saturated carbocycles. The van der Waals surface area contributed by atoms with Crippen molar-refractivity contribution in [3.8, 4) is 6.07 Å². The molecule has 1 aliphatic rings. The highest BCUT2D eigenvalue weighted by molar-refractivity contribution is 5.53. The van der Waals surface area contributed by atoms with Crippen LogP contribution in [0.3, 0.4) is 0 Å². The molecule has 2 unspecified atom stereocenters. The van der Waals surface area contributed by atoms with Gasteiger partial charge in [0.15, 0.2) is 5.65 Å².